The molecule has 1 aliphatic heterocycles. The van der Waals surface area contributed by atoms with Gasteiger partial charge in [-0.3, -0.25) is 4.90 Å². The molecule has 1 N–H and O–H groups in total. The zero-order valence-electron chi connectivity index (χ0n) is 13.1. The first-order valence-electron chi connectivity index (χ1n) is 8.25. The molecule has 1 unspecified atom stereocenters. The third-order valence-electron chi connectivity index (χ3n) is 4.10. The first-order chi connectivity index (χ1) is 9.83. The number of aromatic nitrogens is 2. The highest BCUT2D eigenvalue weighted by Gasteiger charge is 2.17. The van der Waals surface area contributed by atoms with Gasteiger partial charge in [-0.05, 0) is 51.2 Å². The molecule has 0 aromatic carbocycles. The summed E-state index contributed by atoms with van der Waals surface area (Å²) in [6.07, 6.45) is 9.12. The molecule has 1 aliphatic rings. The van der Waals surface area contributed by atoms with Crippen molar-refractivity contribution >= 4 is 0 Å². The Balaban J connectivity index is 1.91. The number of rotatable bonds is 8. The summed E-state index contributed by atoms with van der Waals surface area (Å²) < 4.78 is 2.31. The number of hydrogen-bond acceptors (Lipinski definition) is 3. The van der Waals surface area contributed by atoms with E-state index in [9.17, 15) is 0 Å². The maximum absolute atomic E-state index is 4.32. The van der Waals surface area contributed by atoms with Gasteiger partial charge in [-0.25, -0.2) is 4.98 Å². The Labute approximate surface area is 123 Å². The molecule has 1 aromatic heterocycles. The van der Waals surface area contributed by atoms with Crippen LogP contribution in [0.15, 0.2) is 12.5 Å². The number of aryl methyl sites for hydroxylation is 1. The maximum atomic E-state index is 4.32. The van der Waals surface area contributed by atoms with Crippen molar-refractivity contribution in [2.75, 3.05) is 26.2 Å². The third-order valence-corrected chi connectivity index (χ3v) is 4.10. The van der Waals surface area contributed by atoms with E-state index < -0.39 is 0 Å². The molecule has 4 nitrogen and oxygen atoms in total. The van der Waals surface area contributed by atoms with Gasteiger partial charge in [0.1, 0.15) is 0 Å². The molecule has 0 amide bonds. The van der Waals surface area contributed by atoms with Crippen molar-refractivity contribution in [3.05, 3.63) is 18.2 Å². The van der Waals surface area contributed by atoms with Gasteiger partial charge >= 0.3 is 0 Å². The highest BCUT2D eigenvalue weighted by Crippen LogP contribution is 2.14. The Kier molecular flexibility index (Phi) is 6.54. The summed E-state index contributed by atoms with van der Waals surface area (Å²) in [5.74, 6) is 0.817. The molecule has 114 valence electrons. The zero-order valence-corrected chi connectivity index (χ0v) is 13.1. The number of hydrogen-bond donors (Lipinski definition) is 1. The van der Waals surface area contributed by atoms with Crippen molar-refractivity contribution in [2.24, 2.45) is 5.92 Å². The zero-order chi connectivity index (χ0) is 14.2. The quantitative estimate of drug-likeness (QED) is 0.793. The molecule has 0 radical (unpaired) electrons. The van der Waals surface area contributed by atoms with Crippen LogP contribution < -0.4 is 5.32 Å². The van der Waals surface area contributed by atoms with Crippen LogP contribution in [0, 0.1) is 5.92 Å². The second-order valence-corrected chi connectivity index (χ2v) is 6.03. The van der Waals surface area contributed by atoms with Gasteiger partial charge < -0.3 is 9.88 Å². The number of piperidine rings is 1. The van der Waals surface area contributed by atoms with Gasteiger partial charge in [-0.15, -0.1) is 0 Å². The standard InChI is InChI=1S/C16H30N4/c1-3-8-19(12-15-6-5-7-17-10-15)13-16-11-18-14-20(16)9-4-2/h11,14-15,17H,3-10,12-13H2,1-2H3. The van der Waals surface area contributed by atoms with E-state index in [1.165, 1.54) is 57.6 Å². The molecule has 0 bridgehead atoms. The molecule has 20 heavy (non-hydrogen) atoms. The van der Waals surface area contributed by atoms with Crippen LogP contribution in [0.25, 0.3) is 0 Å². The molecule has 2 heterocycles. The fraction of sp³-hybridized carbons (Fsp3) is 0.812. The van der Waals surface area contributed by atoms with Crippen molar-refractivity contribution in [1.82, 2.24) is 19.8 Å². The maximum Gasteiger partial charge on any atom is 0.0948 e. The summed E-state index contributed by atoms with van der Waals surface area (Å²) in [5.41, 5.74) is 1.36. The van der Waals surface area contributed by atoms with Crippen LogP contribution in [0.2, 0.25) is 0 Å². The molecule has 0 aliphatic carbocycles. The van der Waals surface area contributed by atoms with E-state index in [-0.39, 0.29) is 0 Å². The average Bonchev–Trinajstić information content (AvgIpc) is 2.88. The van der Waals surface area contributed by atoms with Crippen LogP contribution >= 0.6 is 0 Å². The van der Waals surface area contributed by atoms with Gasteiger partial charge in [0.2, 0.25) is 0 Å². The molecule has 1 aromatic rings. The SMILES string of the molecule is CCCN(Cc1cncn1CCC)CC1CCCNC1. The van der Waals surface area contributed by atoms with Gasteiger partial charge in [0.05, 0.1) is 12.0 Å². The van der Waals surface area contributed by atoms with Gasteiger partial charge in [-0.1, -0.05) is 13.8 Å². The van der Waals surface area contributed by atoms with Crippen molar-refractivity contribution < 1.29 is 0 Å². The van der Waals surface area contributed by atoms with Crippen LogP contribution in [0.5, 0.6) is 0 Å². The lowest BCUT2D eigenvalue weighted by Gasteiger charge is -2.30. The van der Waals surface area contributed by atoms with Gasteiger partial charge in [0.25, 0.3) is 0 Å². The summed E-state index contributed by atoms with van der Waals surface area (Å²) in [5, 5.41) is 3.53. The monoisotopic (exact) mass is 278 g/mol. The second kappa shape index (κ2) is 8.42. The Morgan fingerprint density at radius 3 is 3.00 bits per heavy atom. The number of nitrogens with zero attached hydrogens (tertiary/aromatic N) is 3. The van der Waals surface area contributed by atoms with Crippen LogP contribution in [-0.4, -0.2) is 40.6 Å². The van der Waals surface area contributed by atoms with Gasteiger partial charge in [0.15, 0.2) is 0 Å². The van der Waals surface area contributed by atoms with E-state index in [1.807, 2.05) is 12.5 Å². The molecular weight excluding hydrogens is 248 g/mol. The summed E-state index contributed by atoms with van der Waals surface area (Å²) >= 11 is 0. The molecule has 1 fully saturated rings. The molecule has 0 spiro atoms. The Morgan fingerprint density at radius 2 is 2.30 bits per heavy atom. The number of nitrogens with one attached hydrogen (secondary N) is 1. The highest BCUT2D eigenvalue weighted by atomic mass is 15.2. The third kappa shape index (κ3) is 4.60. The highest BCUT2D eigenvalue weighted by molar-refractivity contribution is 4.98. The van der Waals surface area contributed by atoms with Gasteiger partial charge in [0, 0.05) is 25.8 Å². The smallest absolute Gasteiger partial charge is 0.0948 e. The first-order valence-corrected chi connectivity index (χ1v) is 8.25. The summed E-state index contributed by atoms with van der Waals surface area (Å²) in [4.78, 5) is 6.94. The predicted octanol–water partition coefficient (Wildman–Crippen LogP) is 2.50. The van der Waals surface area contributed by atoms with E-state index in [2.05, 4.69) is 33.6 Å². The lowest BCUT2D eigenvalue weighted by atomic mass is 9.99. The van der Waals surface area contributed by atoms with Gasteiger partial charge in [-0.2, -0.15) is 0 Å². The van der Waals surface area contributed by atoms with E-state index >= 15 is 0 Å². The van der Waals surface area contributed by atoms with E-state index in [0.717, 1.165) is 19.0 Å². The minimum absolute atomic E-state index is 0.817. The topological polar surface area (TPSA) is 33.1 Å². The van der Waals surface area contributed by atoms with E-state index in [1.54, 1.807) is 0 Å². The fourth-order valence-electron chi connectivity index (χ4n) is 3.15. The summed E-state index contributed by atoms with van der Waals surface area (Å²) in [6.45, 7) is 11.4. The largest absolute Gasteiger partial charge is 0.333 e. The molecule has 2 rings (SSSR count). The molecule has 1 atom stereocenters. The summed E-state index contributed by atoms with van der Waals surface area (Å²) in [6, 6.07) is 0. The molecule has 1 saturated heterocycles. The second-order valence-electron chi connectivity index (χ2n) is 6.03. The van der Waals surface area contributed by atoms with Crippen molar-refractivity contribution in [3.63, 3.8) is 0 Å². The summed E-state index contributed by atoms with van der Waals surface area (Å²) in [7, 11) is 0. The Hall–Kier alpha value is -0.870. The Morgan fingerprint density at radius 1 is 1.40 bits per heavy atom. The van der Waals surface area contributed by atoms with Crippen LogP contribution in [0.4, 0.5) is 0 Å². The fourth-order valence-corrected chi connectivity index (χ4v) is 3.15. The van der Waals surface area contributed by atoms with Crippen molar-refractivity contribution in [2.45, 2.75) is 52.6 Å². The average molecular weight is 278 g/mol. The predicted molar refractivity (Wildman–Crippen MR) is 83.7 cm³/mol. The van der Waals surface area contributed by atoms with Crippen LogP contribution in [0.3, 0.4) is 0 Å². The lowest BCUT2D eigenvalue weighted by Crippen LogP contribution is -2.38. The first kappa shape index (κ1) is 15.5. The minimum Gasteiger partial charge on any atom is -0.333 e. The van der Waals surface area contributed by atoms with Crippen molar-refractivity contribution in [1.29, 1.82) is 0 Å². The lowest BCUT2D eigenvalue weighted by molar-refractivity contribution is 0.197. The van der Waals surface area contributed by atoms with E-state index in [4.69, 9.17) is 0 Å². The Bertz CT molecular complexity index is 368. The minimum atomic E-state index is 0.817. The normalized spacial score (nSPS) is 19.6. The molecular formula is C16H30N4. The van der Waals surface area contributed by atoms with Crippen molar-refractivity contribution in [3.8, 4) is 0 Å². The molecule has 4 heteroatoms. The van der Waals surface area contributed by atoms with E-state index in [0.29, 0.717) is 0 Å². The van der Waals surface area contributed by atoms with Crippen LogP contribution in [0.1, 0.15) is 45.2 Å². The van der Waals surface area contributed by atoms with Crippen LogP contribution in [-0.2, 0) is 13.1 Å². The number of imidazole rings is 1. The molecule has 0 saturated carbocycles.